The first-order valence-electron chi connectivity index (χ1n) is 6.97. The maximum absolute atomic E-state index is 12.4. The molecule has 0 unspecified atom stereocenters. The third kappa shape index (κ3) is 2.98. The Labute approximate surface area is 139 Å². The molecular weight excluding hydrogens is 330 g/mol. The average Bonchev–Trinajstić information content (AvgIpc) is 2.61. The van der Waals surface area contributed by atoms with Gasteiger partial charge in [0.2, 0.25) is 5.75 Å². The minimum atomic E-state index is -1.08. The van der Waals surface area contributed by atoms with E-state index in [1.54, 1.807) is 12.1 Å². The summed E-state index contributed by atoms with van der Waals surface area (Å²) in [5.74, 6) is -1.43. The van der Waals surface area contributed by atoms with Gasteiger partial charge in [0.25, 0.3) is 5.69 Å². The van der Waals surface area contributed by atoms with Gasteiger partial charge in [0.15, 0.2) is 0 Å². The standard InChI is InChI=1S/C16H9N3O6/c20-16(11-5-1-2-6-12(11)18(21)22)25-15-13(19(23)24)8-7-10-4-3-9-17-14(10)15/h1-9H. The molecule has 3 rings (SSSR count). The molecule has 9 heteroatoms. The predicted molar refractivity (Wildman–Crippen MR) is 86.5 cm³/mol. The molecule has 1 aromatic heterocycles. The van der Waals surface area contributed by atoms with Crippen LogP contribution in [0.3, 0.4) is 0 Å². The van der Waals surface area contributed by atoms with E-state index in [4.69, 9.17) is 4.74 Å². The zero-order valence-corrected chi connectivity index (χ0v) is 12.5. The van der Waals surface area contributed by atoms with Gasteiger partial charge in [-0.25, -0.2) is 4.79 Å². The lowest BCUT2D eigenvalue weighted by atomic mass is 10.1. The number of nitro benzene ring substituents is 2. The number of hydrogen-bond acceptors (Lipinski definition) is 7. The molecule has 0 atom stereocenters. The maximum atomic E-state index is 12.4. The van der Waals surface area contributed by atoms with Crippen LogP contribution >= 0.6 is 0 Å². The second-order valence-corrected chi connectivity index (χ2v) is 4.91. The molecule has 1 heterocycles. The highest BCUT2D eigenvalue weighted by Crippen LogP contribution is 2.35. The number of nitro groups is 2. The van der Waals surface area contributed by atoms with Crippen LogP contribution in [0.25, 0.3) is 10.9 Å². The number of para-hydroxylation sites is 1. The summed E-state index contributed by atoms with van der Waals surface area (Å²) >= 11 is 0. The van der Waals surface area contributed by atoms with E-state index >= 15 is 0 Å². The van der Waals surface area contributed by atoms with Gasteiger partial charge in [-0.3, -0.25) is 25.2 Å². The Morgan fingerprint density at radius 3 is 2.36 bits per heavy atom. The molecule has 3 aromatic rings. The van der Waals surface area contributed by atoms with E-state index in [1.807, 2.05) is 0 Å². The first-order valence-corrected chi connectivity index (χ1v) is 6.97. The predicted octanol–water partition coefficient (Wildman–Crippen LogP) is 3.27. The molecule has 2 aromatic carbocycles. The van der Waals surface area contributed by atoms with Gasteiger partial charge >= 0.3 is 11.7 Å². The van der Waals surface area contributed by atoms with Crippen LogP contribution in [0.2, 0.25) is 0 Å². The number of hydrogen-bond donors (Lipinski definition) is 0. The fourth-order valence-electron chi connectivity index (χ4n) is 2.31. The lowest BCUT2D eigenvalue weighted by molar-refractivity contribution is -0.386. The second kappa shape index (κ2) is 6.32. The van der Waals surface area contributed by atoms with Crippen LogP contribution < -0.4 is 4.74 Å². The van der Waals surface area contributed by atoms with Crippen LogP contribution in [-0.2, 0) is 0 Å². The van der Waals surface area contributed by atoms with Gasteiger partial charge in [-0.2, -0.15) is 0 Å². The van der Waals surface area contributed by atoms with E-state index < -0.39 is 27.2 Å². The van der Waals surface area contributed by atoms with E-state index in [9.17, 15) is 25.0 Å². The van der Waals surface area contributed by atoms with Crippen molar-refractivity contribution in [2.24, 2.45) is 0 Å². The van der Waals surface area contributed by atoms with Crippen molar-refractivity contribution >= 4 is 28.2 Å². The van der Waals surface area contributed by atoms with Crippen molar-refractivity contribution in [3.8, 4) is 5.75 Å². The monoisotopic (exact) mass is 339 g/mol. The first kappa shape index (κ1) is 16.0. The molecule has 0 saturated carbocycles. The van der Waals surface area contributed by atoms with Gasteiger partial charge in [-0.05, 0) is 18.2 Å². The third-order valence-electron chi connectivity index (χ3n) is 3.42. The van der Waals surface area contributed by atoms with Crippen molar-refractivity contribution in [3.05, 3.63) is 80.5 Å². The SMILES string of the molecule is O=C(Oc1c([N+](=O)[O-])ccc2cccnc12)c1ccccc1[N+](=O)[O-]. The van der Waals surface area contributed by atoms with Gasteiger partial charge in [0.05, 0.1) is 9.85 Å². The molecule has 0 fully saturated rings. The van der Waals surface area contributed by atoms with Crippen molar-refractivity contribution in [2.45, 2.75) is 0 Å². The Morgan fingerprint density at radius 2 is 1.64 bits per heavy atom. The molecular formula is C16H9N3O6. The Bertz CT molecular complexity index is 1020. The highest BCUT2D eigenvalue weighted by molar-refractivity contribution is 5.98. The summed E-state index contributed by atoms with van der Waals surface area (Å²) < 4.78 is 5.15. The number of aromatic nitrogens is 1. The summed E-state index contributed by atoms with van der Waals surface area (Å²) in [6.07, 6.45) is 1.40. The van der Waals surface area contributed by atoms with E-state index in [1.165, 1.54) is 36.5 Å². The van der Waals surface area contributed by atoms with Crippen molar-refractivity contribution in [1.82, 2.24) is 4.98 Å². The molecule has 0 radical (unpaired) electrons. The maximum Gasteiger partial charge on any atom is 0.350 e. The highest BCUT2D eigenvalue weighted by atomic mass is 16.6. The van der Waals surface area contributed by atoms with Gasteiger partial charge in [-0.15, -0.1) is 0 Å². The average molecular weight is 339 g/mol. The summed E-state index contributed by atoms with van der Waals surface area (Å²) in [5.41, 5.74) is -1.11. The third-order valence-corrected chi connectivity index (χ3v) is 3.42. The Morgan fingerprint density at radius 1 is 0.920 bits per heavy atom. The summed E-state index contributed by atoms with van der Waals surface area (Å²) in [5, 5.41) is 22.8. The van der Waals surface area contributed by atoms with Crippen LogP contribution in [0.15, 0.2) is 54.7 Å². The summed E-state index contributed by atoms with van der Waals surface area (Å²) in [6, 6.07) is 11.1. The number of nitrogens with zero attached hydrogens (tertiary/aromatic N) is 3. The number of ether oxygens (including phenoxy) is 1. The first-order chi connectivity index (χ1) is 12.0. The summed E-state index contributed by atoms with van der Waals surface area (Å²) in [6.45, 7) is 0. The molecule has 0 amide bonds. The number of pyridine rings is 1. The van der Waals surface area contributed by atoms with Crippen LogP contribution in [0.5, 0.6) is 5.75 Å². The molecule has 0 aliphatic heterocycles. The minimum absolute atomic E-state index is 0.114. The van der Waals surface area contributed by atoms with Crippen molar-refractivity contribution in [3.63, 3.8) is 0 Å². The molecule has 0 N–H and O–H groups in total. The van der Waals surface area contributed by atoms with Gasteiger partial charge in [0.1, 0.15) is 11.1 Å². The molecule has 0 aliphatic carbocycles. The molecule has 9 nitrogen and oxygen atoms in total. The highest BCUT2D eigenvalue weighted by Gasteiger charge is 2.26. The molecule has 0 bridgehead atoms. The van der Waals surface area contributed by atoms with Crippen molar-refractivity contribution in [2.75, 3.05) is 0 Å². The largest absolute Gasteiger partial charge is 0.413 e. The minimum Gasteiger partial charge on any atom is -0.413 e. The number of rotatable bonds is 4. The second-order valence-electron chi connectivity index (χ2n) is 4.91. The molecule has 25 heavy (non-hydrogen) atoms. The lowest BCUT2D eigenvalue weighted by Crippen LogP contribution is -2.12. The van der Waals surface area contributed by atoms with E-state index in [0.717, 1.165) is 6.07 Å². The molecule has 0 aliphatic rings. The number of carbonyl (C=O) groups is 1. The summed E-state index contributed by atoms with van der Waals surface area (Å²) in [4.78, 5) is 37.2. The van der Waals surface area contributed by atoms with Crippen LogP contribution in [-0.4, -0.2) is 20.8 Å². The van der Waals surface area contributed by atoms with E-state index in [2.05, 4.69) is 4.98 Å². The fraction of sp³-hybridized carbons (Fsp3) is 0. The zero-order valence-electron chi connectivity index (χ0n) is 12.5. The van der Waals surface area contributed by atoms with Crippen LogP contribution in [0, 0.1) is 20.2 Å². The van der Waals surface area contributed by atoms with E-state index in [0.29, 0.717) is 5.39 Å². The Kier molecular flexibility index (Phi) is 4.04. The zero-order chi connectivity index (χ0) is 18.0. The Balaban J connectivity index is 2.12. The van der Waals surface area contributed by atoms with Gasteiger partial charge in [0, 0.05) is 23.7 Å². The number of benzene rings is 2. The van der Waals surface area contributed by atoms with Crippen molar-refractivity contribution in [1.29, 1.82) is 0 Å². The number of carbonyl (C=O) groups excluding carboxylic acids is 1. The van der Waals surface area contributed by atoms with Gasteiger partial charge in [-0.1, -0.05) is 18.2 Å². The molecule has 0 spiro atoms. The normalized spacial score (nSPS) is 10.4. The Hall–Kier alpha value is -3.88. The van der Waals surface area contributed by atoms with E-state index in [-0.39, 0.29) is 16.8 Å². The van der Waals surface area contributed by atoms with Crippen LogP contribution in [0.1, 0.15) is 10.4 Å². The van der Waals surface area contributed by atoms with Gasteiger partial charge < -0.3 is 4.74 Å². The fourth-order valence-corrected chi connectivity index (χ4v) is 2.31. The lowest BCUT2D eigenvalue weighted by Gasteiger charge is -2.08. The quantitative estimate of drug-likeness (QED) is 0.309. The van der Waals surface area contributed by atoms with Crippen LogP contribution in [0.4, 0.5) is 11.4 Å². The van der Waals surface area contributed by atoms with Crippen molar-refractivity contribution < 1.29 is 19.4 Å². The number of esters is 1. The number of fused-ring (bicyclic) bond motifs is 1. The topological polar surface area (TPSA) is 125 Å². The smallest absolute Gasteiger partial charge is 0.350 e. The summed E-state index contributed by atoms with van der Waals surface area (Å²) in [7, 11) is 0. The molecule has 124 valence electrons. The molecule has 0 saturated heterocycles.